The highest BCUT2D eigenvalue weighted by atomic mass is 16.5. The summed E-state index contributed by atoms with van der Waals surface area (Å²) in [6.07, 6.45) is 0.165. The molecule has 0 bridgehead atoms. The highest BCUT2D eigenvalue weighted by molar-refractivity contribution is 5.16. The molecule has 1 unspecified atom stereocenters. The molecule has 1 atom stereocenters. The van der Waals surface area contributed by atoms with Crippen LogP contribution < -0.4 is 4.74 Å². The van der Waals surface area contributed by atoms with E-state index in [-0.39, 0.29) is 5.41 Å². The van der Waals surface area contributed by atoms with E-state index in [4.69, 9.17) is 4.74 Å². The second-order valence-corrected chi connectivity index (χ2v) is 4.76. The van der Waals surface area contributed by atoms with Crippen LogP contribution in [0.3, 0.4) is 0 Å². The summed E-state index contributed by atoms with van der Waals surface area (Å²) in [6, 6.07) is 5.58. The summed E-state index contributed by atoms with van der Waals surface area (Å²) in [5.74, 6) is 0.591. The van der Waals surface area contributed by atoms with Gasteiger partial charge in [0.05, 0.1) is 13.2 Å². The third-order valence-corrected chi connectivity index (χ3v) is 2.39. The van der Waals surface area contributed by atoms with Crippen molar-refractivity contribution in [3.8, 4) is 5.88 Å². The third-order valence-electron chi connectivity index (χ3n) is 2.39. The van der Waals surface area contributed by atoms with Crippen LogP contribution in [0, 0.1) is 5.41 Å². The van der Waals surface area contributed by atoms with E-state index in [0.717, 1.165) is 5.69 Å². The van der Waals surface area contributed by atoms with Crippen molar-refractivity contribution >= 4 is 0 Å². The molecule has 0 aliphatic carbocycles. The van der Waals surface area contributed by atoms with E-state index in [0.29, 0.717) is 12.3 Å². The molecule has 0 spiro atoms. The van der Waals surface area contributed by atoms with Gasteiger partial charge in [-0.2, -0.15) is 0 Å². The number of ether oxygens (including phenoxy) is 1. The predicted molar refractivity (Wildman–Crippen MR) is 60.0 cm³/mol. The minimum atomic E-state index is -0.392. The molecule has 1 heterocycles. The monoisotopic (exact) mass is 209 g/mol. The van der Waals surface area contributed by atoms with Crippen molar-refractivity contribution in [2.45, 2.75) is 33.3 Å². The van der Waals surface area contributed by atoms with Gasteiger partial charge >= 0.3 is 0 Å². The lowest BCUT2D eigenvalue weighted by atomic mass is 9.86. The van der Waals surface area contributed by atoms with E-state index in [1.807, 2.05) is 32.9 Å². The first-order valence-electron chi connectivity index (χ1n) is 5.11. The minimum Gasteiger partial charge on any atom is -0.481 e. The standard InChI is InChI=1S/C12H19NO2/c1-12(2,3)10(14)8-9-6-5-7-11(13-9)15-4/h5-7,10,14H,8H2,1-4H3. The summed E-state index contributed by atoms with van der Waals surface area (Å²) in [7, 11) is 1.59. The van der Waals surface area contributed by atoms with Crippen molar-refractivity contribution in [1.29, 1.82) is 0 Å². The summed E-state index contributed by atoms with van der Waals surface area (Å²) < 4.78 is 5.03. The Bertz CT molecular complexity index is 318. The van der Waals surface area contributed by atoms with Crippen LogP contribution in [0.1, 0.15) is 26.5 Å². The van der Waals surface area contributed by atoms with Crippen LogP contribution in [0.5, 0.6) is 5.88 Å². The second kappa shape index (κ2) is 4.62. The molecule has 0 aliphatic rings. The SMILES string of the molecule is COc1cccc(CC(O)C(C)(C)C)n1. The average Bonchev–Trinajstić information content (AvgIpc) is 2.16. The maximum atomic E-state index is 9.92. The largest absolute Gasteiger partial charge is 0.481 e. The zero-order valence-electron chi connectivity index (χ0n) is 9.82. The van der Waals surface area contributed by atoms with Gasteiger partial charge < -0.3 is 9.84 Å². The Morgan fingerprint density at radius 3 is 2.60 bits per heavy atom. The Morgan fingerprint density at radius 2 is 2.07 bits per heavy atom. The fraction of sp³-hybridized carbons (Fsp3) is 0.583. The zero-order valence-corrected chi connectivity index (χ0v) is 9.82. The number of pyridine rings is 1. The first-order valence-corrected chi connectivity index (χ1v) is 5.11. The lowest BCUT2D eigenvalue weighted by Crippen LogP contribution is -2.28. The Morgan fingerprint density at radius 1 is 1.40 bits per heavy atom. The maximum Gasteiger partial charge on any atom is 0.213 e. The van der Waals surface area contributed by atoms with E-state index < -0.39 is 6.10 Å². The summed E-state index contributed by atoms with van der Waals surface area (Å²) in [5, 5.41) is 9.92. The van der Waals surface area contributed by atoms with Crippen LogP contribution in [-0.2, 0) is 6.42 Å². The van der Waals surface area contributed by atoms with Gasteiger partial charge in [0.2, 0.25) is 5.88 Å². The van der Waals surface area contributed by atoms with Gasteiger partial charge in [0, 0.05) is 18.2 Å². The Balaban J connectivity index is 2.72. The molecule has 0 saturated heterocycles. The van der Waals surface area contributed by atoms with Crippen LogP contribution in [0.15, 0.2) is 18.2 Å². The van der Waals surface area contributed by atoms with E-state index >= 15 is 0 Å². The first kappa shape index (κ1) is 12.0. The van der Waals surface area contributed by atoms with Gasteiger partial charge in [0.1, 0.15) is 0 Å². The zero-order chi connectivity index (χ0) is 11.5. The smallest absolute Gasteiger partial charge is 0.213 e. The molecule has 1 aromatic heterocycles. The molecular weight excluding hydrogens is 190 g/mol. The number of methoxy groups -OCH3 is 1. The highest BCUT2D eigenvalue weighted by Crippen LogP contribution is 2.22. The molecule has 0 radical (unpaired) electrons. The van der Waals surface area contributed by atoms with E-state index in [1.165, 1.54) is 0 Å². The molecule has 0 aliphatic heterocycles. The molecular formula is C12H19NO2. The van der Waals surface area contributed by atoms with Crippen molar-refractivity contribution < 1.29 is 9.84 Å². The van der Waals surface area contributed by atoms with Crippen molar-refractivity contribution in [2.75, 3.05) is 7.11 Å². The van der Waals surface area contributed by atoms with Crippen LogP contribution >= 0.6 is 0 Å². The predicted octanol–water partition coefficient (Wildman–Crippen LogP) is 2.04. The van der Waals surface area contributed by atoms with Gasteiger partial charge in [0.15, 0.2) is 0 Å². The topological polar surface area (TPSA) is 42.4 Å². The highest BCUT2D eigenvalue weighted by Gasteiger charge is 2.22. The van der Waals surface area contributed by atoms with Crippen molar-refractivity contribution in [3.05, 3.63) is 23.9 Å². The molecule has 0 amide bonds. The Hall–Kier alpha value is -1.09. The summed E-state index contributed by atoms with van der Waals surface area (Å²) >= 11 is 0. The molecule has 1 N–H and O–H groups in total. The van der Waals surface area contributed by atoms with Gasteiger partial charge in [-0.25, -0.2) is 4.98 Å². The van der Waals surface area contributed by atoms with E-state index in [9.17, 15) is 5.11 Å². The molecule has 0 fully saturated rings. The molecule has 1 aromatic rings. The van der Waals surface area contributed by atoms with Crippen LogP contribution in [0.4, 0.5) is 0 Å². The normalized spacial score (nSPS) is 13.7. The van der Waals surface area contributed by atoms with Gasteiger partial charge in [-0.3, -0.25) is 0 Å². The van der Waals surface area contributed by atoms with E-state index in [2.05, 4.69) is 4.98 Å². The lowest BCUT2D eigenvalue weighted by Gasteiger charge is -2.25. The molecule has 0 aromatic carbocycles. The van der Waals surface area contributed by atoms with Crippen LogP contribution in [0.25, 0.3) is 0 Å². The van der Waals surface area contributed by atoms with Crippen LogP contribution in [-0.4, -0.2) is 23.3 Å². The number of hydrogen-bond acceptors (Lipinski definition) is 3. The molecule has 3 heteroatoms. The quantitative estimate of drug-likeness (QED) is 0.828. The number of aliphatic hydroxyl groups is 1. The first-order chi connectivity index (χ1) is 6.93. The number of aromatic nitrogens is 1. The second-order valence-electron chi connectivity index (χ2n) is 4.76. The minimum absolute atomic E-state index is 0.120. The summed E-state index contributed by atoms with van der Waals surface area (Å²) in [5.41, 5.74) is 0.738. The van der Waals surface area contributed by atoms with Crippen LogP contribution in [0.2, 0.25) is 0 Å². The maximum absolute atomic E-state index is 9.92. The molecule has 3 nitrogen and oxygen atoms in total. The molecule has 0 saturated carbocycles. The number of aliphatic hydroxyl groups excluding tert-OH is 1. The lowest BCUT2D eigenvalue weighted by molar-refractivity contribution is 0.0627. The molecule has 84 valence electrons. The fourth-order valence-corrected chi connectivity index (χ4v) is 1.19. The fourth-order valence-electron chi connectivity index (χ4n) is 1.19. The number of rotatable bonds is 3. The van der Waals surface area contributed by atoms with Gasteiger partial charge in [-0.1, -0.05) is 26.8 Å². The van der Waals surface area contributed by atoms with Crippen molar-refractivity contribution in [2.24, 2.45) is 5.41 Å². The van der Waals surface area contributed by atoms with Gasteiger partial charge in [-0.15, -0.1) is 0 Å². The number of nitrogens with zero attached hydrogens (tertiary/aromatic N) is 1. The summed E-state index contributed by atoms with van der Waals surface area (Å²) in [4.78, 5) is 4.26. The van der Waals surface area contributed by atoms with Crippen molar-refractivity contribution in [3.63, 3.8) is 0 Å². The van der Waals surface area contributed by atoms with E-state index in [1.54, 1.807) is 13.2 Å². The molecule has 15 heavy (non-hydrogen) atoms. The Labute approximate surface area is 91.1 Å². The van der Waals surface area contributed by atoms with Gasteiger partial charge in [-0.05, 0) is 11.5 Å². The Kier molecular flexibility index (Phi) is 3.69. The molecule has 1 rings (SSSR count). The third kappa shape index (κ3) is 3.51. The van der Waals surface area contributed by atoms with Crippen molar-refractivity contribution in [1.82, 2.24) is 4.98 Å². The number of hydrogen-bond donors (Lipinski definition) is 1. The van der Waals surface area contributed by atoms with Gasteiger partial charge in [0.25, 0.3) is 0 Å². The summed E-state index contributed by atoms with van der Waals surface area (Å²) in [6.45, 7) is 6.04. The average molecular weight is 209 g/mol.